The van der Waals surface area contributed by atoms with Gasteiger partial charge in [0, 0.05) is 16.2 Å². The average molecular weight is 821 g/mol. The van der Waals surface area contributed by atoms with Gasteiger partial charge < -0.3 is 4.42 Å². The summed E-state index contributed by atoms with van der Waals surface area (Å²) in [6, 6.07) is 81.2. The van der Waals surface area contributed by atoms with Gasteiger partial charge in [-0.25, -0.2) is 0 Å². The first-order valence-corrected chi connectivity index (χ1v) is 22.6. The molecule has 0 N–H and O–H groups in total. The molecule has 0 atom stereocenters. The maximum absolute atomic E-state index is 7.06. The fourth-order valence-electron chi connectivity index (χ4n) is 11.4. The van der Waals surface area contributed by atoms with Crippen molar-refractivity contribution in [3.8, 4) is 44.5 Å². The molecule has 0 radical (unpaired) electrons. The molecule has 0 saturated carbocycles. The molecular weight excluding hydrogens is 785 g/mol. The minimum Gasteiger partial charge on any atom is -0.455 e. The van der Waals surface area contributed by atoms with Crippen LogP contribution in [0.2, 0.25) is 0 Å². The van der Waals surface area contributed by atoms with Crippen molar-refractivity contribution in [1.29, 1.82) is 0 Å². The summed E-state index contributed by atoms with van der Waals surface area (Å²) in [7, 11) is 0. The van der Waals surface area contributed by atoms with E-state index in [0.29, 0.717) is 0 Å². The first-order chi connectivity index (χ1) is 32.2. The van der Waals surface area contributed by atoms with Crippen LogP contribution in [0.5, 0.6) is 0 Å². The van der Waals surface area contributed by atoms with Crippen molar-refractivity contribution in [3.05, 3.63) is 218 Å². The van der Waals surface area contributed by atoms with E-state index in [-0.39, 0.29) is 0 Å². The van der Waals surface area contributed by atoms with Gasteiger partial charge in [0.15, 0.2) is 0 Å². The lowest BCUT2D eigenvalue weighted by molar-refractivity contribution is 0.673. The van der Waals surface area contributed by atoms with Gasteiger partial charge in [0.25, 0.3) is 0 Å². The molecule has 15 aromatic rings. The third kappa shape index (κ3) is 5.04. The number of hydrogen-bond acceptors (Lipinski definition) is 1. The second-order valence-electron chi connectivity index (χ2n) is 18.0. The van der Waals surface area contributed by atoms with Crippen LogP contribution in [-0.2, 0) is 0 Å². The zero-order chi connectivity index (χ0) is 42.3. The van der Waals surface area contributed by atoms with E-state index >= 15 is 0 Å². The Morgan fingerprint density at radius 2 is 0.662 bits per heavy atom. The largest absolute Gasteiger partial charge is 0.455 e. The third-order valence-corrected chi connectivity index (χ3v) is 14.5. The topological polar surface area (TPSA) is 13.1 Å². The van der Waals surface area contributed by atoms with Crippen LogP contribution in [0.3, 0.4) is 0 Å². The smallest absolute Gasteiger partial charge is 0.143 e. The van der Waals surface area contributed by atoms with Gasteiger partial charge in [-0.05, 0) is 162 Å². The highest BCUT2D eigenvalue weighted by Crippen LogP contribution is 2.46. The van der Waals surface area contributed by atoms with Gasteiger partial charge in [0.05, 0.1) is 0 Å². The molecule has 0 amide bonds. The van der Waals surface area contributed by atoms with Gasteiger partial charge >= 0.3 is 0 Å². The van der Waals surface area contributed by atoms with Crippen LogP contribution < -0.4 is 0 Å². The van der Waals surface area contributed by atoms with Crippen LogP contribution >= 0.6 is 0 Å². The highest BCUT2D eigenvalue weighted by molar-refractivity contribution is 6.28. The van der Waals surface area contributed by atoms with Crippen molar-refractivity contribution in [2.75, 3.05) is 0 Å². The lowest BCUT2D eigenvalue weighted by Gasteiger charge is -2.15. The zero-order valence-corrected chi connectivity index (χ0v) is 35.2. The van der Waals surface area contributed by atoms with E-state index in [1.54, 1.807) is 0 Å². The molecule has 0 aliphatic rings. The Labute approximate surface area is 373 Å². The Hall–Kier alpha value is -8.52. The molecule has 0 bridgehead atoms. The van der Waals surface area contributed by atoms with Crippen LogP contribution in [0, 0.1) is 0 Å². The van der Waals surface area contributed by atoms with Gasteiger partial charge in [-0.2, -0.15) is 0 Å². The monoisotopic (exact) mass is 820 g/mol. The van der Waals surface area contributed by atoms with Gasteiger partial charge in [-0.15, -0.1) is 0 Å². The molecule has 298 valence electrons. The number of furan rings is 1. The lowest BCUT2D eigenvalue weighted by Crippen LogP contribution is -1.89. The summed E-state index contributed by atoms with van der Waals surface area (Å²) in [5.74, 6) is 0. The van der Waals surface area contributed by atoms with Crippen LogP contribution in [0.25, 0.3) is 153 Å². The van der Waals surface area contributed by atoms with E-state index in [9.17, 15) is 0 Å². The first kappa shape index (κ1) is 35.0. The van der Waals surface area contributed by atoms with Crippen molar-refractivity contribution < 1.29 is 4.42 Å². The lowest BCUT2D eigenvalue weighted by atomic mass is 9.88. The molecule has 0 spiro atoms. The molecule has 0 saturated heterocycles. The highest BCUT2D eigenvalue weighted by atomic mass is 16.3. The van der Waals surface area contributed by atoms with Gasteiger partial charge in [-0.1, -0.05) is 182 Å². The third-order valence-electron chi connectivity index (χ3n) is 14.5. The van der Waals surface area contributed by atoms with Crippen LogP contribution in [0.15, 0.2) is 223 Å². The summed E-state index contributed by atoms with van der Waals surface area (Å²) >= 11 is 0. The summed E-state index contributed by atoms with van der Waals surface area (Å²) in [5.41, 5.74) is 11.4. The Balaban J connectivity index is 0.919. The molecule has 15 rings (SSSR count). The maximum Gasteiger partial charge on any atom is 0.143 e. The number of benzene rings is 14. The Morgan fingerprint density at radius 3 is 1.28 bits per heavy atom. The van der Waals surface area contributed by atoms with Crippen LogP contribution in [0.1, 0.15) is 0 Å². The normalized spacial score (nSPS) is 12.3. The number of rotatable bonds is 4. The molecule has 1 heteroatoms. The summed E-state index contributed by atoms with van der Waals surface area (Å²) in [4.78, 5) is 0. The summed E-state index contributed by atoms with van der Waals surface area (Å²) < 4.78 is 7.06. The fourth-order valence-corrected chi connectivity index (χ4v) is 11.4. The molecule has 14 aromatic carbocycles. The second-order valence-corrected chi connectivity index (χ2v) is 18.0. The maximum atomic E-state index is 7.06. The van der Waals surface area contributed by atoms with E-state index in [1.165, 1.54) is 114 Å². The van der Waals surface area contributed by atoms with Crippen LogP contribution in [0.4, 0.5) is 0 Å². The van der Waals surface area contributed by atoms with Crippen molar-refractivity contribution in [1.82, 2.24) is 0 Å². The molecule has 0 aliphatic heterocycles. The quantitative estimate of drug-likeness (QED) is 0.161. The Morgan fingerprint density at radius 1 is 0.215 bits per heavy atom. The molecule has 0 fully saturated rings. The van der Waals surface area contributed by atoms with Gasteiger partial charge in [0.1, 0.15) is 11.2 Å². The molecule has 1 nitrogen and oxygen atoms in total. The molecule has 1 heterocycles. The van der Waals surface area contributed by atoms with Gasteiger partial charge in [-0.3, -0.25) is 0 Å². The van der Waals surface area contributed by atoms with Crippen LogP contribution in [-0.4, -0.2) is 0 Å². The highest BCUT2D eigenvalue weighted by Gasteiger charge is 2.20. The second kappa shape index (κ2) is 13.0. The van der Waals surface area contributed by atoms with E-state index in [4.69, 9.17) is 4.42 Å². The van der Waals surface area contributed by atoms with Crippen molar-refractivity contribution >= 4 is 108 Å². The average Bonchev–Trinajstić information content (AvgIpc) is 3.74. The number of hydrogen-bond donors (Lipinski definition) is 0. The minimum absolute atomic E-state index is 0.900. The minimum atomic E-state index is 0.900. The van der Waals surface area contributed by atoms with E-state index in [2.05, 4.69) is 218 Å². The summed E-state index contributed by atoms with van der Waals surface area (Å²) in [6.07, 6.45) is 0. The molecular formula is C64H36O. The Kier molecular flexibility index (Phi) is 7.01. The van der Waals surface area contributed by atoms with Gasteiger partial charge in [0.2, 0.25) is 0 Å². The van der Waals surface area contributed by atoms with Crippen molar-refractivity contribution in [2.45, 2.75) is 0 Å². The van der Waals surface area contributed by atoms with Crippen molar-refractivity contribution in [2.24, 2.45) is 0 Å². The summed E-state index contributed by atoms with van der Waals surface area (Å²) in [5, 5.41) is 22.5. The summed E-state index contributed by atoms with van der Waals surface area (Å²) in [6.45, 7) is 0. The Bertz CT molecular complexity index is 4440. The van der Waals surface area contributed by atoms with E-state index in [0.717, 1.165) is 38.3 Å². The molecule has 0 unspecified atom stereocenters. The molecule has 1 aromatic heterocycles. The standard InChI is InChI=1S/C64H36O/c1-2-8-45-36-58-57(34-44(45)7-1)63-55(49-16-6-15-48(32-49)52-28-24-42-20-18-38-10-4-12-40-26-30-54(52)62(42)60(38)40)35-50-22-21-46(33-56(50)64(63)65-58)43-13-5-14-47(31-43)51-27-23-41-19-17-37-9-3-11-39-25-29-53(51)61(41)59(37)39/h1-36H. The molecule has 0 aliphatic carbocycles. The van der Waals surface area contributed by atoms with Crippen molar-refractivity contribution in [3.63, 3.8) is 0 Å². The first-order valence-electron chi connectivity index (χ1n) is 22.6. The van der Waals surface area contributed by atoms with E-state index in [1.807, 2.05) is 0 Å². The zero-order valence-electron chi connectivity index (χ0n) is 35.2. The number of fused-ring (bicyclic) bond motifs is 6. The predicted octanol–water partition coefficient (Wildman–Crippen LogP) is 18.4. The SMILES string of the molecule is c1cc(-c2ccc3cc(-c4cccc(-c5ccc6ccc7cccc8ccc5c6c78)c4)c4c5cc6ccccc6cc5oc4c3c2)cc(-c2ccc3ccc4cccc5ccc2c3c45)c1. The fraction of sp³-hybridized carbons (Fsp3) is 0. The van der Waals surface area contributed by atoms with E-state index < -0.39 is 0 Å². The predicted molar refractivity (Wildman–Crippen MR) is 278 cm³/mol. The molecule has 65 heavy (non-hydrogen) atoms.